The van der Waals surface area contributed by atoms with Gasteiger partial charge in [0.2, 0.25) is 5.91 Å². The Morgan fingerprint density at radius 3 is 2.26 bits per heavy atom. The summed E-state index contributed by atoms with van der Waals surface area (Å²) in [6.45, 7) is 4.22. The lowest BCUT2D eigenvalue weighted by atomic mass is 9.83. The maximum absolute atomic E-state index is 13.0. The van der Waals surface area contributed by atoms with E-state index in [4.69, 9.17) is 4.74 Å². The minimum Gasteiger partial charge on any atom is -0.497 e. The summed E-state index contributed by atoms with van der Waals surface area (Å²) in [4.78, 5) is 12.4. The maximum Gasteiger partial charge on any atom is 0.230 e. The van der Waals surface area contributed by atoms with Crippen molar-refractivity contribution < 1.29 is 13.9 Å². The number of amides is 1. The van der Waals surface area contributed by atoms with Crippen LogP contribution in [0.3, 0.4) is 0 Å². The largest absolute Gasteiger partial charge is 0.497 e. The summed E-state index contributed by atoms with van der Waals surface area (Å²) < 4.78 is 18.1. The van der Waals surface area contributed by atoms with Crippen molar-refractivity contribution in [3.63, 3.8) is 0 Å². The number of methoxy groups -OCH3 is 1. The number of carbonyl (C=O) groups excluding carboxylic acids is 1. The lowest BCUT2D eigenvalue weighted by Gasteiger charge is -2.24. The van der Waals surface area contributed by atoms with Crippen LogP contribution in [0.5, 0.6) is 5.75 Å². The van der Waals surface area contributed by atoms with E-state index in [1.165, 1.54) is 12.1 Å². The molecule has 122 valence electrons. The van der Waals surface area contributed by atoms with Gasteiger partial charge in [0.05, 0.1) is 12.5 Å². The molecule has 3 nitrogen and oxygen atoms in total. The van der Waals surface area contributed by atoms with Crippen molar-refractivity contribution >= 4 is 5.91 Å². The molecule has 0 unspecified atom stereocenters. The lowest BCUT2D eigenvalue weighted by Crippen LogP contribution is -2.40. The number of ether oxygens (including phenoxy) is 1. The standard InChI is InChI=1S/C19H22FNO2/c1-19(2,15-6-8-16(20)9-7-15)18(22)21-13-12-14-4-10-17(23-3)11-5-14/h4-11H,12-13H2,1-3H3,(H,21,22). The molecular formula is C19H22FNO2. The van der Waals surface area contributed by atoms with Gasteiger partial charge in [-0.15, -0.1) is 0 Å². The van der Waals surface area contributed by atoms with Crippen LogP contribution in [0.2, 0.25) is 0 Å². The van der Waals surface area contributed by atoms with Gasteiger partial charge in [-0.1, -0.05) is 24.3 Å². The van der Waals surface area contributed by atoms with E-state index in [1.54, 1.807) is 19.2 Å². The molecule has 0 atom stereocenters. The van der Waals surface area contributed by atoms with Gasteiger partial charge in [-0.05, 0) is 55.7 Å². The van der Waals surface area contributed by atoms with Gasteiger partial charge >= 0.3 is 0 Å². The van der Waals surface area contributed by atoms with E-state index in [1.807, 2.05) is 38.1 Å². The molecule has 0 aliphatic rings. The Hall–Kier alpha value is -2.36. The summed E-state index contributed by atoms with van der Waals surface area (Å²) >= 11 is 0. The zero-order valence-electron chi connectivity index (χ0n) is 13.7. The third kappa shape index (κ3) is 4.31. The van der Waals surface area contributed by atoms with Crippen LogP contribution in [0.25, 0.3) is 0 Å². The fourth-order valence-corrected chi connectivity index (χ4v) is 2.33. The zero-order valence-corrected chi connectivity index (χ0v) is 13.7. The molecule has 2 rings (SSSR count). The molecule has 0 aliphatic carbocycles. The summed E-state index contributed by atoms with van der Waals surface area (Å²) in [5.41, 5.74) is 1.22. The van der Waals surface area contributed by atoms with Gasteiger partial charge in [-0.2, -0.15) is 0 Å². The molecule has 1 amide bonds. The number of hydrogen-bond donors (Lipinski definition) is 1. The molecule has 2 aromatic carbocycles. The first-order chi connectivity index (χ1) is 10.9. The molecule has 0 saturated carbocycles. The maximum atomic E-state index is 13.0. The number of benzene rings is 2. The Morgan fingerprint density at radius 1 is 1.09 bits per heavy atom. The first kappa shape index (κ1) is 17.0. The van der Waals surface area contributed by atoms with Crippen LogP contribution in [-0.4, -0.2) is 19.6 Å². The van der Waals surface area contributed by atoms with Crippen molar-refractivity contribution in [3.8, 4) is 5.75 Å². The SMILES string of the molecule is COc1ccc(CCNC(=O)C(C)(C)c2ccc(F)cc2)cc1. The van der Waals surface area contributed by atoms with Crippen LogP contribution in [-0.2, 0) is 16.6 Å². The Balaban J connectivity index is 1.91. The van der Waals surface area contributed by atoms with Crippen LogP contribution in [0, 0.1) is 5.82 Å². The minimum atomic E-state index is -0.701. The van der Waals surface area contributed by atoms with E-state index in [0.29, 0.717) is 6.54 Å². The first-order valence-corrected chi connectivity index (χ1v) is 7.61. The third-order valence-corrected chi connectivity index (χ3v) is 3.99. The quantitative estimate of drug-likeness (QED) is 0.886. The van der Waals surface area contributed by atoms with Crippen LogP contribution in [0.1, 0.15) is 25.0 Å². The molecule has 0 spiro atoms. The smallest absolute Gasteiger partial charge is 0.230 e. The van der Waals surface area contributed by atoms with Gasteiger partial charge in [0.15, 0.2) is 0 Å². The molecule has 0 saturated heterocycles. The van der Waals surface area contributed by atoms with Crippen LogP contribution >= 0.6 is 0 Å². The van der Waals surface area contributed by atoms with Gasteiger partial charge in [0.25, 0.3) is 0 Å². The van der Waals surface area contributed by atoms with Crippen molar-refractivity contribution in [2.45, 2.75) is 25.7 Å². The molecule has 4 heteroatoms. The summed E-state index contributed by atoms with van der Waals surface area (Å²) in [7, 11) is 1.63. The van der Waals surface area contributed by atoms with Crippen molar-refractivity contribution in [1.82, 2.24) is 5.32 Å². The Bertz CT molecular complexity index is 648. The summed E-state index contributed by atoms with van der Waals surface area (Å²) in [6.07, 6.45) is 0.745. The molecule has 2 aromatic rings. The van der Waals surface area contributed by atoms with Gasteiger partial charge in [-0.3, -0.25) is 4.79 Å². The Labute approximate surface area is 136 Å². The molecule has 0 aliphatic heterocycles. The summed E-state index contributed by atoms with van der Waals surface area (Å²) in [5, 5.41) is 2.95. The van der Waals surface area contributed by atoms with E-state index in [2.05, 4.69) is 5.32 Å². The normalized spacial score (nSPS) is 11.1. The van der Waals surface area contributed by atoms with Crippen molar-refractivity contribution in [2.24, 2.45) is 0 Å². The molecule has 0 heterocycles. The zero-order chi connectivity index (χ0) is 16.9. The highest BCUT2D eigenvalue weighted by Crippen LogP contribution is 2.23. The number of carbonyl (C=O) groups is 1. The van der Waals surface area contributed by atoms with Gasteiger partial charge in [0, 0.05) is 6.54 Å². The second kappa shape index (κ2) is 7.27. The number of nitrogens with one attached hydrogen (secondary N) is 1. The average molecular weight is 315 g/mol. The molecule has 0 aromatic heterocycles. The Morgan fingerprint density at radius 2 is 1.70 bits per heavy atom. The van der Waals surface area contributed by atoms with Gasteiger partial charge in [-0.25, -0.2) is 4.39 Å². The molecule has 0 radical (unpaired) electrons. The molecule has 0 fully saturated rings. The van der Waals surface area contributed by atoms with Crippen LogP contribution < -0.4 is 10.1 Å². The van der Waals surface area contributed by atoms with Gasteiger partial charge in [0.1, 0.15) is 11.6 Å². The predicted molar refractivity (Wildman–Crippen MR) is 89.1 cm³/mol. The average Bonchev–Trinajstić information content (AvgIpc) is 2.55. The molecule has 23 heavy (non-hydrogen) atoms. The molecule has 1 N–H and O–H groups in total. The number of hydrogen-bond acceptors (Lipinski definition) is 2. The first-order valence-electron chi connectivity index (χ1n) is 7.61. The highest BCUT2D eigenvalue weighted by molar-refractivity contribution is 5.87. The van der Waals surface area contributed by atoms with E-state index < -0.39 is 5.41 Å². The monoisotopic (exact) mass is 315 g/mol. The third-order valence-electron chi connectivity index (χ3n) is 3.99. The minimum absolute atomic E-state index is 0.0716. The van der Waals surface area contributed by atoms with Crippen molar-refractivity contribution in [3.05, 3.63) is 65.5 Å². The molecule has 0 bridgehead atoms. The fraction of sp³-hybridized carbons (Fsp3) is 0.316. The predicted octanol–water partition coefficient (Wildman–Crippen LogP) is 3.47. The second-order valence-electron chi connectivity index (χ2n) is 5.99. The van der Waals surface area contributed by atoms with Crippen LogP contribution in [0.4, 0.5) is 4.39 Å². The summed E-state index contributed by atoms with van der Waals surface area (Å²) in [6, 6.07) is 13.8. The van der Waals surface area contributed by atoms with Crippen molar-refractivity contribution in [2.75, 3.05) is 13.7 Å². The number of halogens is 1. The van der Waals surface area contributed by atoms with E-state index >= 15 is 0 Å². The van der Waals surface area contributed by atoms with E-state index in [0.717, 1.165) is 23.3 Å². The molecular weight excluding hydrogens is 293 g/mol. The van der Waals surface area contributed by atoms with E-state index in [-0.39, 0.29) is 11.7 Å². The number of rotatable bonds is 6. The van der Waals surface area contributed by atoms with Crippen molar-refractivity contribution in [1.29, 1.82) is 0 Å². The lowest BCUT2D eigenvalue weighted by molar-refractivity contribution is -0.125. The fourth-order valence-electron chi connectivity index (χ4n) is 2.33. The van der Waals surface area contributed by atoms with Crippen LogP contribution in [0.15, 0.2) is 48.5 Å². The van der Waals surface area contributed by atoms with E-state index in [9.17, 15) is 9.18 Å². The topological polar surface area (TPSA) is 38.3 Å². The highest BCUT2D eigenvalue weighted by atomic mass is 19.1. The second-order valence-corrected chi connectivity index (χ2v) is 5.99. The Kier molecular flexibility index (Phi) is 5.37. The summed E-state index contributed by atoms with van der Waals surface area (Å²) in [5.74, 6) is 0.442. The van der Waals surface area contributed by atoms with Gasteiger partial charge < -0.3 is 10.1 Å². The highest BCUT2D eigenvalue weighted by Gasteiger charge is 2.29.